The van der Waals surface area contributed by atoms with Gasteiger partial charge >= 0.3 is 5.97 Å². The van der Waals surface area contributed by atoms with Gasteiger partial charge in [-0.05, 0) is 43.3 Å². The standard InChI is InChI=1S/C17H16O6/c1-10(18)11-4-6-13(7-5-11)23-15-9-12(17(19)20)8-14(21-2)16(15)22-3/h4-9H,1-3H3,(H,19,20). The molecule has 120 valence electrons. The van der Waals surface area contributed by atoms with Crippen LogP contribution in [0.1, 0.15) is 27.6 Å². The number of carbonyl (C=O) groups excluding carboxylic acids is 1. The average molecular weight is 316 g/mol. The molecular weight excluding hydrogens is 300 g/mol. The number of aromatic carboxylic acids is 1. The molecule has 2 rings (SSSR count). The highest BCUT2D eigenvalue weighted by atomic mass is 16.5. The SMILES string of the molecule is COc1cc(C(=O)O)cc(Oc2ccc(C(C)=O)cc2)c1OC. The van der Waals surface area contributed by atoms with E-state index in [-0.39, 0.29) is 28.6 Å². The van der Waals surface area contributed by atoms with Crippen molar-refractivity contribution < 1.29 is 28.9 Å². The van der Waals surface area contributed by atoms with Crippen LogP contribution in [0.2, 0.25) is 0 Å². The second kappa shape index (κ2) is 6.83. The first-order valence-electron chi connectivity index (χ1n) is 6.74. The lowest BCUT2D eigenvalue weighted by molar-refractivity contribution is 0.0695. The van der Waals surface area contributed by atoms with Crippen molar-refractivity contribution in [1.82, 2.24) is 0 Å². The summed E-state index contributed by atoms with van der Waals surface area (Å²) < 4.78 is 16.1. The van der Waals surface area contributed by atoms with E-state index in [0.29, 0.717) is 11.3 Å². The van der Waals surface area contributed by atoms with Crippen LogP contribution in [-0.4, -0.2) is 31.1 Å². The van der Waals surface area contributed by atoms with Crippen molar-refractivity contribution in [3.05, 3.63) is 47.5 Å². The number of hydrogen-bond acceptors (Lipinski definition) is 5. The molecule has 0 heterocycles. The molecule has 1 N–H and O–H groups in total. The summed E-state index contributed by atoms with van der Waals surface area (Å²) in [4.78, 5) is 22.5. The first-order chi connectivity index (χ1) is 11.0. The fraction of sp³-hybridized carbons (Fsp3) is 0.176. The smallest absolute Gasteiger partial charge is 0.335 e. The highest BCUT2D eigenvalue weighted by molar-refractivity contribution is 5.94. The number of carboxylic acids is 1. The van der Waals surface area contributed by atoms with Gasteiger partial charge in [0.2, 0.25) is 5.75 Å². The minimum Gasteiger partial charge on any atom is -0.493 e. The summed E-state index contributed by atoms with van der Waals surface area (Å²) in [6.07, 6.45) is 0. The van der Waals surface area contributed by atoms with Crippen molar-refractivity contribution >= 4 is 11.8 Å². The maximum Gasteiger partial charge on any atom is 0.335 e. The topological polar surface area (TPSA) is 82.1 Å². The Balaban J connectivity index is 2.42. The molecule has 0 atom stereocenters. The summed E-state index contributed by atoms with van der Waals surface area (Å²) >= 11 is 0. The zero-order chi connectivity index (χ0) is 17.0. The van der Waals surface area contributed by atoms with Crippen LogP contribution in [0.5, 0.6) is 23.0 Å². The Kier molecular flexibility index (Phi) is 4.85. The average Bonchev–Trinajstić information content (AvgIpc) is 2.54. The van der Waals surface area contributed by atoms with Crippen molar-refractivity contribution in [3.8, 4) is 23.0 Å². The molecule has 6 heteroatoms. The molecule has 0 spiro atoms. The molecule has 0 saturated carbocycles. The summed E-state index contributed by atoms with van der Waals surface area (Å²) in [6.45, 7) is 1.47. The summed E-state index contributed by atoms with van der Waals surface area (Å²) in [5.74, 6) is 0.0278. The lowest BCUT2D eigenvalue weighted by atomic mass is 10.1. The molecule has 2 aromatic rings. The number of ether oxygens (including phenoxy) is 3. The van der Waals surface area contributed by atoms with Gasteiger partial charge in [0, 0.05) is 5.56 Å². The third-order valence-corrected chi connectivity index (χ3v) is 3.18. The third-order valence-electron chi connectivity index (χ3n) is 3.18. The quantitative estimate of drug-likeness (QED) is 0.823. The first kappa shape index (κ1) is 16.4. The number of hydrogen-bond donors (Lipinski definition) is 1. The molecule has 23 heavy (non-hydrogen) atoms. The van der Waals surface area contributed by atoms with Crippen molar-refractivity contribution in [1.29, 1.82) is 0 Å². The van der Waals surface area contributed by atoms with Gasteiger partial charge in [0.05, 0.1) is 19.8 Å². The molecule has 0 unspecified atom stereocenters. The largest absolute Gasteiger partial charge is 0.493 e. The number of rotatable bonds is 6. The van der Waals surface area contributed by atoms with E-state index in [2.05, 4.69) is 0 Å². The van der Waals surface area contributed by atoms with Crippen LogP contribution >= 0.6 is 0 Å². The Morgan fingerprint density at radius 3 is 2.00 bits per heavy atom. The van der Waals surface area contributed by atoms with Crippen LogP contribution in [0, 0.1) is 0 Å². The molecule has 0 aliphatic rings. The highest BCUT2D eigenvalue weighted by Gasteiger charge is 2.17. The lowest BCUT2D eigenvalue weighted by Crippen LogP contribution is -2.01. The van der Waals surface area contributed by atoms with Gasteiger partial charge in [-0.1, -0.05) is 0 Å². The van der Waals surface area contributed by atoms with Gasteiger partial charge in [-0.3, -0.25) is 4.79 Å². The number of Topliss-reactive ketones (excluding diaryl/α,β-unsaturated/α-hetero) is 1. The summed E-state index contributed by atoms with van der Waals surface area (Å²) in [5.41, 5.74) is 0.569. The van der Waals surface area contributed by atoms with Crippen LogP contribution in [0.3, 0.4) is 0 Å². The predicted octanol–water partition coefficient (Wildman–Crippen LogP) is 3.40. The monoisotopic (exact) mass is 316 g/mol. The third kappa shape index (κ3) is 3.60. The van der Waals surface area contributed by atoms with Crippen molar-refractivity contribution in [3.63, 3.8) is 0 Å². The van der Waals surface area contributed by atoms with E-state index in [1.165, 1.54) is 33.3 Å². The molecule has 0 aliphatic carbocycles. The van der Waals surface area contributed by atoms with Gasteiger partial charge in [0.15, 0.2) is 17.3 Å². The van der Waals surface area contributed by atoms with Crippen LogP contribution < -0.4 is 14.2 Å². The number of benzene rings is 2. The van der Waals surface area contributed by atoms with E-state index >= 15 is 0 Å². The van der Waals surface area contributed by atoms with Gasteiger partial charge in [0.25, 0.3) is 0 Å². The first-order valence-corrected chi connectivity index (χ1v) is 6.74. The second-order valence-corrected chi connectivity index (χ2v) is 4.70. The molecule has 0 radical (unpaired) electrons. The summed E-state index contributed by atoms with van der Waals surface area (Å²) in [6, 6.07) is 9.20. The maximum atomic E-state index is 11.3. The molecule has 0 fully saturated rings. The maximum absolute atomic E-state index is 11.3. The van der Waals surface area contributed by atoms with Crippen LogP contribution in [-0.2, 0) is 0 Å². The minimum atomic E-state index is -1.11. The molecule has 0 amide bonds. The van der Waals surface area contributed by atoms with Crippen LogP contribution in [0.25, 0.3) is 0 Å². The fourth-order valence-corrected chi connectivity index (χ4v) is 2.01. The van der Waals surface area contributed by atoms with E-state index in [1.807, 2.05) is 0 Å². The van der Waals surface area contributed by atoms with E-state index in [0.717, 1.165) is 0 Å². The van der Waals surface area contributed by atoms with Gasteiger partial charge in [-0.2, -0.15) is 0 Å². The molecule has 0 bridgehead atoms. The number of methoxy groups -OCH3 is 2. The Hall–Kier alpha value is -3.02. The molecule has 2 aromatic carbocycles. The Labute approximate surface area is 133 Å². The minimum absolute atomic E-state index is 0.0120. The van der Waals surface area contributed by atoms with Gasteiger partial charge in [-0.25, -0.2) is 4.79 Å². The van der Waals surface area contributed by atoms with E-state index in [9.17, 15) is 9.59 Å². The Bertz CT molecular complexity index is 733. The van der Waals surface area contributed by atoms with Crippen molar-refractivity contribution in [2.45, 2.75) is 6.92 Å². The summed E-state index contributed by atoms with van der Waals surface area (Å²) in [5, 5.41) is 9.17. The second-order valence-electron chi connectivity index (χ2n) is 4.70. The van der Waals surface area contributed by atoms with Crippen molar-refractivity contribution in [2.24, 2.45) is 0 Å². The van der Waals surface area contributed by atoms with E-state index < -0.39 is 5.97 Å². The molecule has 0 saturated heterocycles. The highest BCUT2D eigenvalue weighted by Crippen LogP contribution is 2.40. The molecular formula is C17H16O6. The Morgan fingerprint density at radius 2 is 1.52 bits per heavy atom. The van der Waals surface area contributed by atoms with Gasteiger partial charge < -0.3 is 19.3 Å². The van der Waals surface area contributed by atoms with Crippen LogP contribution in [0.15, 0.2) is 36.4 Å². The molecule has 0 aliphatic heterocycles. The number of carbonyl (C=O) groups is 2. The number of carboxylic acid groups (broad SMARTS) is 1. The van der Waals surface area contributed by atoms with Gasteiger partial charge in [-0.15, -0.1) is 0 Å². The summed E-state index contributed by atoms with van der Waals surface area (Å²) in [7, 11) is 2.85. The zero-order valence-corrected chi connectivity index (χ0v) is 13.0. The fourth-order valence-electron chi connectivity index (χ4n) is 2.01. The molecule has 0 aromatic heterocycles. The normalized spacial score (nSPS) is 10.0. The predicted molar refractivity (Wildman–Crippen MR) is 83.0 cm³/mol. The zero-order valence-electron chi connectivity index (χ0n) is 13.0. The van der Waals surface area contributed by atoms with Gasteiger partial charge in [0.1, 0.15) is 5.75 Å². The lowest BCUT2D eigenvalue weighted by Gasteiger charge is -2.14. The number of ketones is 1. The van der Waals surface area contributed by atoms with Crippen molar-refractivity contribution in [2.75, 3.05) is 14.2 Å². The molecule has 6 nitrogen and oxygen atoms in total. The van der Waals surface area contributed by atoms with Crippen LogP contribution in [0.4, 0.5) is 0 Å². The van der Waals surface area contributed by atoms with E-state index in [4.69, 9.17) is 19.3 Å². The van der Waals surface area contributed by atoms with E-state index in [1.54, 1.807) is 24.3 Å². The Morgan fingerprint density at radius 1 is 0.913 bits per heavy atom.